The molecule has 218 valence electrons. The third kappa shape index (κ3) is 5.34. The summed E-state index contributed by atoms with van der Waals surface area (Å²) in [5.74, 6) is 0. The summed E-state index contributed by atoms with van der Waals surface area (Å²) in [6.07, 6.45) is 0. The van der Waals surface area contributed by atoms with Crippen molar-refractivity contribution >= 4 is 102 Å². The highest BCUT2D eigenvalue weighted by molar-refractivity contribution is 7.31. The Bertz CT molecular complexity index is 2280. The standard InChI is InChI=1S/C36H20S9/c1-5-21(37-17-1)25-9-13-29(41-25)33-34(30-14-10-26(42-30)22-6-2-18-38-22)36(32-16-12-28(44-32)24-8-4-20-40-24)45-35(33)31-15-11-27(43-31)23-7-3-19-39-23/h1-20H/i17D,18D. The summed E-state index contributed by atoms with van der Waals surface area (Å²) in [6, 6.07) is 34.7. The lowest BCUT2D eigenvalue weighted by atomic mass is 10.0. The molecule has 0 N–H and O–H groups in total. The van der Waals surface area contributed by atoms with Gasteiger partial charge in [-0.05, 0) is 94.3 Å². The fourth-order valence-corrected chi connectivity index (χ4v) is 14.2. The van der Waals surface area contributed by atoms with Crippen LogP contribution in [0.5, 0.6) is 0 Å². The number of rotatable bonds is 8. The molecule has 45 heavy (non-hydrogen) atoms. The van der Waals surface area contributed by atoms with Crippen LogP contribution in [0.4, 0.5) is 0 Å². The van der Waals surface area contributed by atoms with E-state index in [1.807, 2.05) is 68.8 Å². The Morgan fingerprint density at radius 2 is 0.667 bits per heavy atom. The van der Waals surface area contributed by atoms with Gasteiger partial charge < -0.3 is 0 Å². The van der Waals surface area contributed by atoms with Crippen LogP contribution in [0.15, 0.2) is 119 Å². The summed E-state index contributed by atoms with van der Waals surface area (Å²) in [5.41, 5.74) is 2.57. The Morgan fingerprint density at radius 3 is 1.04 bits per heavy atom. The summed E-state index contributed by atoms with van der Waals surface area (Å²) in [5, 5.41) is 5.47. The molecule has 9 aromatic heterocycles. The Balaban J connectivity index is 1.28. The van der Waals surface area contributed by atoms with E-state index in [9.17, 15) is 0 Å². The molecule has 0 radical (unpaired) electrons. The molecule has 0 aliphatic carbocycles. The molecule has 0 atom stereocenters. The quantitative estimate of drug-likeness (QED) is 0.145. The van der Waals surface area contributed by atoms with Crippen LogP contribution in [0.2, 0.25) is 0 Å². The van der Waals surface area contributed by atoms with Gasteiger partial charge in [0.15, 0.2) is 0 Å². The van der Waals surface area contributed by atoms with Crippen molar-refractivity contribution in [3.8, 4) is 79.4 Å². The average molecular weight is 743 g/mol. The minimum Gasteiger partial charge on any atom is -0.143 e. The van der Waals surface area contributed by atoms with Gasteiger partial charge in [-0.1, -0.05) is 24.3 Å². The van der Waals surface area contributed by atoms with E-state index in [0.717, 1.165) is 9.75 Å². The first-order chi connectivity index (χ1) is 23.1. The van der Waals surface area contributed by atoms with Crippen molar-refractivity contribution in [3.05, 3.63) is 119 Å². The van der Waals surface area contributed by atoms with E-state index < -0.39 is 0 Å². The van der Waals surface area contributed by atoms with Crippen LogP contribution in [-0.2, 0) is 0 Å². The van der Waals surface area contributed by atoms with Gasteiger partial charge in [-0.2, -0.15) is 0 Å². The van der Waals surface area contributed by atoms with Gasteiger partial charge in [0.2, 0.25) is 0 Å². The van der Waals surface area contributed by atoms with Crippen LogP contribution in [0.3, 0.4) is 0 Å². The van der Waals surface area contributed by atoms with Gasteiger partial charge in [0.25, 0.3) is 0 Å². The molecule has 9 aromatic rings. The van der Waals surface area contributed by atoms with Gasteiger partial charge in [-0.25, -0.2) is 0 Å². The molecule has 0 saturated heterocycles. The molecule has 0 aliphatic heterocycles. The molecule has 0 aliphatic rings. The van der Waals surface area contributed by atoms with Crippen LogP contribution >= 0.6 is 102 Å². The van der Waals surface area contributed by atoms with Crippen molar-refractivity contribution in [3.63, 3.8) is 0 Å². The third-order valence-corrected chi connectivity index (χ3v) is 17.3. The highest BCUT2D eigenvalue weighted by Crippen LogP contribution is 2.58. The van der Waals surface area contributed by atoms with E-state index in [2.05, 4.69) is 95.7 Å². The Labute approximate surface area is 299 Å². The molecular weight excluding hydrogens is 721 g/mol. The first-order valence-corrected chi connectivity index (χ1v) is 21.3. The maximum absolute atomic E-state index is 8.14. The van der Waals surface area contributed by atoms with Gasteiger partial charge in [-0.3, -0.25) is 0 Å². The van der Waals surface area contributed by atoms with E-state index >= 15 is 0 Å². The van der Waals surface area contributed by atoms with Gasteiger partial charge >= 0.3 is 0 Å². The minimum atomic E-state index is 0.587. The summed E-state index contributed by atoms with van der Waals surface area (Å²) in [4.78, 5) is 17.5. The van der Waals surface area contributed by atoms with Gasteiger partial charge in [0, 0.05) is 69.7 Å². The van der Waals surface area contributed by atoms with Crippen molar-refractivity contribution in [2.45, 2.75) is 0 Å². The van der Waals surface area contributed by atoms with Gasteiger partial charge in [0.05, 0.1) is 12.5 Å². The van der Waals surface area contributed by atoms with Crippen LogP contribution < -0.4 is 0 Å². The Kier molecular flexibility index (Phi) is 7.12. The molecule has 0 fully saturated rings. The zero-order chi connectivity index (χ0) is 31.5. The van der Waals surface area contributed by atoms with Crippen molar-refractivity contribution in [2.24, 2.45) is 0 Å². The number of hydrogen-bond donors (Lipinski definition) is 0. The second-order valence-corrected chi connectivity index (χ2v) is 19.0. The van der Waals surface area contributed by atoms with E-state index in [1.54, 1.807) is 22.7 Å². The lowest BCUT2D eigenvalue weighted by Gasteiger charge is -2.06. The maximum atomic E-state index is 8.14. The predicted octanol–water partition coefficient (Wildman–Crippen LogP) is 15.6. The Hall–Kier alpha value is -2.70. The van der Waals surface area contributed by atoms with Gasteiger partial charge in [0.1, 0.15) is 0 Å². The summed E-state index contributed by atoms with van der Waals surface area (Å²) in [7, 11) is 0. The fraction of sp³-hybridized carbons (Fsp3) is 0. The monoisotopic (exact) mass is 742 g/mol. The van der Waals surface area contributed by atoms with E-state index in [4.69, 9.17) is 2.74 Å². The van der Waals surface area contributed by atoms with Crippen molar-refractivity contribution in [2.75, 3.05) is 0 Å². The lowest BCUT2D eigenvalue weighted by molar-refractivity contribution is 1.81. The molecular formula is C36H20S9. The maximum Gasteiger partial charge on any atom is 0.0740 e. The normalized spacial score (nSPS) is 12.2. The number of hydrogen-bond acceptors (Lipinski definition) is 9. The van der Waals surface area contributed by atoms with Crippen LogP contribution in [0.1, 0.15) is 2.74 Å². The smallest absolute Gasteiger partial charge is 0.0740 e. The highest BCUT2D eigenvalue weighted by atomic mass is 32.1. The zero-order valence-corrected chi connectivity index (χ0v) is 30.4. The molecule has 0 amide bonds. The van der Waals surface area contributed by atoms with Gasteiger partial charge in [-0.15, -0.1) is 102 Å². The number of thiophene rings is 9. The van der Waals surface area contributed by atoms with E-state index in [-0.39, 0.29) is 0 Å². The molecule has 9 rings (SSSR count). The largest absolute Gasteiger partial charge is 0.143 e. The van der Waals surface area contributed by atoms with Crippen LogP contribution in [0.25, 0.3) is 79.4 Å². The van der Waals surface area contributed by atoms with Crippen molar-refractivity contribution in [1.82, 2.24) is 0 Å². The second kappa shape index (κ2) is 12.2. The summed E-state index contributed by atoms with van der Waals surface area (Å²) in [6.45, 7) is 0. The summed E-state index contributed by atoms with van der Waals surface area (Å²) < 4.78 is 16.3. The second-order valence-electron chi connectivity index (χ2n) is 9.96. The first-order valence-electron chi connectivity index (χ1n) is 14.9. The average Bonchev–Trinajstić information content (AvgIpc) is 3.90. The topological polar surface area (TPSA) is 0 Å². The van der Waals surface area contributed by atoms with Crippen LogP contribution in [0, 0.1) is 0 Å². The molecule has 0 spiro atoms. The van der Waals surface area contributed by atoms with Crippen molar-refractivity contribution < 1.29 is 2.74 Å². The molecule has 0 aromatic carbocycles. The molecule has 0 bridgehead atoms. The van der Waals surface area contributed by atoms with Crippen molar-refractivity contribution in [1.29, 1.82) is 0 Å². The molecule has 0 nitrogen and oxygen atoms in total. The highest BCUT2D eigenvalue weighted by Gasteiger charge is 2.27. The predicted molar refractivity (Wildman–Crippen MR) is 211 cm³/mol. The first kappa shape index (κ1) is 26.4. The van der Waals surface area contributed by atoms with E-state index in [1.165, 1.54) is 92.3 Å². The summed E-state index contributed by atoms with van der Waals surface area (Å²) >= 11 is 15.9. The fourth-order valence-electron chi connectivity index (χ4n) is 5.23. The molecule has 0 unspecified atom stereocenters. The molecule has 9 heterocycles. The minimum absolute atomic E-state index is 0.587. The molecule has 9 heteroatoms. The SMILES string of the molecule is [2H]c1ccc(-c2ccc(-c3c(-c4ccc(-c5cccs5)s4)sc(-c4ccc(-c5cccs5)s4)c3-c3ccc(-c4ccc([2H])s4)s3)s2)s1. The molecule has 0 saturated carbocycles. The third-order valence-electron chi connectivity index (χ3n) is 7.23. The zero-order valence-electron chi connectivity index (χ0n) is 25.1. The Morgan fingerprint density at radius 1 is 0.311 bits per heavy atom. The van der Waals surface area contributed by atoms with E-state index in [0.29, 0.717) is 10.7 Å². The van der Waals surface area contributed by atoms with Crippen LogP contribution in [-0.4, -0.2) is 0 Å². The lowest BCUT2D eigenvalue weighted by Crippen LogP contribution is -1.79.